The van der Waals surface area contributed by atoms with E-state index in [4.69, 9.17) is 24.8 Å². The maximum atomic E-state index is 11.7. The van der Waals surface area contributed by atoms with Crippen LogP contribution in [0.3, 0.4) is 0 Å². The maximum Gasteiger partial charge on any atom is 0.407 e. The lowest BCUT2D eigenvalue weighted by atomic mass is 10.0. The number of hydrogen-bond donors (Lipinski definition) is 2. The van der Waals surface area contributed by atoms with Crippen molar-refractivity contribution in [3.05, 3.63) is 12.2 Å². The van der Waals surface area contributed by atoms with Gasteiger partial charge in [0.2, 0.25) is 0 Å². The van der Waals surface area contributed by atoms with E-state index in [1.165, 1.54) is 0 Å². The zero-order chi connectivity index (χ0) is 18.0. The molecule has 0 aromatic carbocycles. The van der Waals surface area contributed by atoms with Gasteiger partial charge in [0, 0.05) is 6.54 Å². The van der Waals surface area contributed by atoms with Crippen LogP contribution in [0.5, 0.6) is 0 Å². The number of allylic oxidation sites excluding steroid dienone is 2. The molecule has 3 N–H and O–H groups in total. The molecule has 1 amide bonds. The van der Waals surface area contributed by atoms with Gasteiger partial charge >= 0.3 is 6.09 Å². The number of alkyl carbamates (subject to hydrolysis) is 1. The van der Waals surface area contributed by atoms with Crippen LogP contribution in [0, 0.1) is 0 Å². The van der Waals surface area contributed by atoms with Gasteiger partial charge in [-0.05, 0) is 32.1 Å². The zero-order valence-electron chi connectivity index (χ0n) is 15.0. The summed E-state index contributed by atoms with van der Waals surface area (Å²) in [6.07, 6.45) is 8.90. The van der Waals surface area contributed by atoms with Gasteiger partial charge < -0.3 is 29.1 Å². The molecule has 0 bridgehead atoms. The molecule has 1 unspecified atom stereocenters. The third-order valence-electron chi connectivity index (χ3n) is 3.60. The highest BCUT2D eigenvalue weighted by Crippen LogP contribution is 2.15. The summed E-state index contributed by atoms with van der Waals surface area (Å²) in [5, 5.41) is 2.71. The molecular formula is C17H32N2O6. The first-order valence-corrected chi connectivity index (χ1v) is 8.97. The highest BCUT2D eigenvalue weighted by Gasteiger charge is 2.14. The van der Waals surface area contributed by atoms with Gasteiger partial charge in [0.15, 0.2) is 0 Å². The second kappa shape index (κ2) is 16.3. The monoisotopic (exact) mass is 360 g/mol. The first kappa shape index (κ1) is 21.9. The molecule has 0 saturated carbocycles. The van der Waals surface area contributed by atoms with Gasteiger partial charge in [0.1, 0.15) is 6.10 Å². The number of nitrogens with two attached hydrogens (primary N) is 1. The molecule has 0 heterocycles. The van der Waals surface area contributed by atoms with Crippen molar-refractivity contribution in [1.29, 1.82) is 0 Å². The summed E-state index contributed by atoms with van der Waals surface area (Å²) < 4.78 is 21.3. The predicted molar refractivity (Wildman–Crippen MR) is 93.1 cm³/mol. The second-order valence-electron chi connectivity index (χ2n) is 5.64. The van der Waals surface area contributed by atoms with E-state index in [1.54, 1.807) is 0 Å². The predicted octanol–water partition coefficient (Wildman–Crippen LogP) is 1.54. The highest BCUT2D eigenvalue weighted by molar-refractivity contribution is 5.67. The van der Waals surface area contributed by atoms with Gasteiger partial charge in [0.25, 0.3) is 0 Å². The SMILES string of the molecule is NOCCOCCOCCOCCNC(=O)OC1CC/C=C\CCC1. The van der Waals surface area contributed by atoms with E-state index >= 15 is 0 Å². The normalized spacial score (nSPS) is 19.0. The Morgan fingerprint density at radius 2 is 1.56 bits per heavy atom. The van der Waals surface area contributed by atoms with Crippen molar-refractivity contribution in [1.82, 2.24) is 5.32 Å². The molecule has 0 spiro atoms. The van der Waals surface area contributed by atoms with Gasteiger partial charge in [-0.2, -0.15) is 0 Å². The van der Waals surface area contributed by atoms with Crippen LogP contribution in [0.4, 0.5) is 4.79 Å². The van der Waals surface area contributed by atoms with Crippen molar-refractivity contribution >= 4 is 6.09 Å². The minimum absolute atomic E-state index is 0.0119. The summed E-state index contributed by atoms with van der Waals surface area (Å²) in [7, 11) is 0. The van der Waals surface area contributed by atoms with Crippen molar-refractivity contribution in [2.24, 2.45) is 5.90 Å². The fourth-order valence-corrected chi connectivity index (χ4v) is 2.31. The molecule has 1 aliphatic carbocycles. The standard InChI is InChI=1S/C17H32N2O6/c18-24-15-14-23-13-12-22-11-10-21-9-8-19-17(20)25-16-6-4-2-1-3-5-7-16/h1-2,16H,3-15,18H2,(H,19,20)/b2-1-. The molecule has 8 heteroatoms. The lowest BCUT2D eigenvalue weighted by Crippen LogP contribution is -2.31. The molecule has 0 radical (unpaired) electrons. The molecule has 8 nitrogen and oxygen atoms in total. The van der Waals surface area contributed by atoms with Crippen molar-refractivity contribution in [2.75, 3.05) is 52.8 Å². The Morgan fingerprint density at radius 1 is 0.920 bits per heavy atom. The smallest absolute Gasteiger partial charge is 0.407 e. The van der Waals surface area contributed by atoms with E-state index in [0.717, 1.165) is 32.1 Å². The van der Waals surface area contributed by atoms with Gasteiger partial charge in [-0.25, -0.2) is 10.7 Å². The summed E-state index contributed by atoms with van der Waals surface area (Å²) in [5.74, 6) is 4.86. The quantitative estimate of drug-likeness (QED) is 0.292. The minimum Gasteiger partial charge on any atom is -0.446 e. The van der Waals surface area contributed by atoms with E-state index in [-0.39, 0.29) is 12.2 Å². The van der Waals surface area contributed by atoms with E-state index < -0.39 is 0 Å². The maximum absolute atomic E-state index is 11.7. The van der Waals surface area contributed by atoms with Crippen molar-refractivity contribution in [3.63, 3.8) is 0 Å². The number of carbonyl (C=O) groups excluding carboxylic acids is 1. The van der Waals surface area contributed by atoms with Gasteiger partial charge in [-0.3, -0.25) is 0 Å². The van der Waals surface area contributed by atoms with Crippen LogP contribution in [0.25, 0.3) is 0 Å². The average Bonchev–Trinajstić information content (AvgIpc) is 2.58. The molecule has 146 valence electrons. The number of nitrogens with one attached hydrogen (secondary N) is 1. The van der Waals surface area contributed by atoms with Crippen LogP contribution in [0.1, 0.15) is 32.1 Å². The second-order valence-corrected chi connectivity index (χ2v) is 5.64. The molecule has 0 fully saturated rings. The van der Waals surface area contributed by atoms with Gasteiger partial charge in [0.05, 0.1) is 46.2 Å². The fourth-order valence-electron chi connectivity index (χ4n) is 2.31. The first-order chi connectivity index (χ1) is 12.3. The Balaban J connectivity index is 1.85. The van der Waals surface area contributed by atoms with Crippen LogP contribution in [0.2, 0.25) is 0 Å². The Kier molecular flexibility index (Phi) is 14.2. The topological polar surface area (TPSA) is 101 Å². The summed E-state index contributed by atoms with van der Waals surface area (Å²) in [5.41, 5.74) is 0. The van der Waals surface area contributed by atoms with Crippen LogP contribution < -0.4 is 11.2 Å². The van der Waals surface area contributed by atoms with Gasteiger partial charge in [-0.1, -0.05) is 12.2 Å². The molecular weight excluding hydrogens is 328 g/mol. The van der Waals surface area contributed by atoms with Crippen LogP contribution in [-0.4, -0.2) is 65.0 Å². The molecule has 1 atom stereocenters. The van der Waals surface area contributed by atoms with Crippen LogP contribution in [-0.2, 0) is 23.8 Å². The highest BCUT2D eigenvalue weighted by atomic mass is 16.6. The Hall–Kier alpha value is -1.19. The molecule has 1 rings (SSSR count). The number of ether oxygens (including phenoxy) is 4. The van der Waals surface area contributed by atoms with Crippen molar-refractivity contribution in [3.8, 4) is 0 Å². The average molecular weight is 360 g/mol. The summed E-state index contributed by atoms with van der Waals surface area (Å²) in [4.78, 5) is 16.1. The number of carbonyl (C=O) groups is 1. The Morgan fingerprint density at radius 3 is 2.28 bits per heavy atom. The number of rotatable bonds is 13. The molecule has 0 saturated heterocycles. The summed E-state index contributed by atoms with van der Waals surface area (Å²) in [6, 6.07) is 0. The van der Waals surface area contributed by atoms with Gasteiger partial charge in [-0.15, -0.1) is 0 Å². The van der Waals surface area contributed by atoms with E-state index in [2.05, 4.69) is 22.3 Å². The van der Waals surface area contributed by atoms with E-state index in [0.29, 0.717) is 52.8 Å². The molecule has 0 aliphatic heterocycles. The largest absolute Gasteiger partial charge is 0.446 e. The van der Waals surface area contributed by atoms with Crippen molar-refractivity contribution < 1.29 is 28.6 Å². The minimum atomic E-state index is -0.368. The summed E-state index contributed by atoms with van der Waals surface area (Å²) in [6.45, 7) is 3.62. The third kappa shape index (κ3) is 13.7. The lowest BCUT2D eigenvalue weighted by Gasteiger charge is -2.18. The number of amides is 1. The van der Waals surface area contributed by atoms with E-state index in [9.17, 15) is 4.79 Å². The van der Waals surface area contributed by atoms with Crippen LogP contribution in [0.15, 0.2) is 12.2 Å². The Labute approximate surface area is 149 Å². The molecule has 25 heavy (non-hydrogen) atoms. The summed E-state index contributed by atoms with van der Waals surface area (Å²) >= 11 is 0. The molecule has 0 aromatic rings. The number of hydrogen-bond acceptors (Lipinski definition) is 7. The van der Waals surface area contributed by atoms with Crippen LogP contribution >= 0.6 is 0 Å². The molecule has 1 aliphatic rings. The first-order valence-electron chi connectivity index (χ1n) is 8.97. The van der Waals surface area contributed by atoms with Crippen molar-refractivity contribution in [2.45, 2.75) is 38.2 Å². The fraction of sp³-hybridized carbons (Fsp3) is 0.824. The third-order valence-corrected chi connectivity index (χ3v) is 3.60. The zero-order valence-corrected chi connectivity index (χ0v) is 15.0. The lowest BCUT2D eigenvalue weighted by molar-refractivity contribution is -0.00182. The van der Waals surface area contributed by atoms with E-state index in [1.807, 2.05) is 0 Å². The molecule has 0 aromatic heterocycles. The Bertz CT molecular complexity index is 354.